The second-order valence-electron chi connectivity index (χ2n) is 5.81. The summed E-state index contributed by atoms with van der Waals surface area (Å²) in [7, 11) is 0. The molecule has 0 aliphatic rings. The standard InChI is InChI=1S/C16H25N3O4/c1-11(2)8-12(3)23-14-9-13(4-6-17-14)10-19-16(22)18-7-5-15(20)21/h4,6,9,11-12H,5,7-8,10H2,1-3H3,(H,20,21)(H2,18,19,22). The van der Waals surface area contributed by atoms with Gasteiger partial charge < -0.3 is 20.5 Å². The minimum atomic E-state index is -0.947. The molecule has 1 rings (SSSR count). The van der Waals surface area contributed by atoms with E-state index in [0.29, 0.717) is 18.3 Å². The predicted molar refractivity (Wildman–Crippen MR) is 86.3 cm³/mol. The van der Waals surface area contributed by atoms with Crippen molar-refractivity contribution in [2.24, 2.45) is 5.92 Å². The highest BCUT2D eigenvalue weighted by Crippen LogP contribution is 2.14. The Morgan fingerprint density at radius 2 is 2.04 bits per heavy atom. The molecule has 0 aliphatic carbocycles. The number of carbonyl (C=O) groups is 2. The zero-order valence-corrected chi connectivity index (χ0v) is 13.8. The second-order valence-corrected chi connectivity index (χ2v) is 5.81. The molecular weight excluding hydrogens is 298 g/mol. The van der Waals surface area contributed by atoms with Crippen LogP contribution >= 0.6 is 0 Å². The molecule has 0 aliphatic heterocycles. The zero-order valence-electron chi connectivity index (χ0n) is 13.8. The predicted octanol–water partition coefficient (Wildman–Crippen LogP) is 2.17. The third-order valence-electron chi connectivity index (χ3n) is 3.00. The van der Waals surface area contributed by atoms with Gasteiger partial charge in [-0.05, 0) is 30.9 Å². The summed E-state index contributed by atoms with van der Waals surface area (Å²) >= 11 is 0. The van der Waals surface area contributed by atoms with Crippen molar-refractivity contribution in [3.05, 3.63) is 23.9 Å². The molecule has 0 aromatic carbocycles. The number of nitrogens with zero attached hydrogens (tertiary/aromatic N) is 1. The average molecular weight is 323 g/mol. The lowest BCUT2D eigenvalue weighted by molar-refractivity contribution is -0.136. The molecule has 3 N–H and O–H groups in total. The molecule has 1 atom stereocenters. The highest BCUT2D eigenvalue weighted by Gasteiger charge is 2.08. The number of amides is 2. The number of carboxylic acid groups (broad SMARTS) is 1. The van der Waals surface area contributed by atoms with Crippen molar-refractivity contribution in [2.45, 2.75) is 46.3 Å². The number of carboxylic acids is 1. The summed E-state index contributed by atoms with van der Waals surface area (Å²) in [6.45, 7) is 6.69. The summed E-state index contributed by atoms with van der Waals surface area (Å²) in [5.41, 5.74) is 0.861. The van der Waals surface area contributed by atoms with E-state index in [4.69, 9.17) is 9.84 Å². The fourth-order valence-electron chi connectivity index (χ4n) is 2.07. The van der Waals surface area contributed by atoms with Gasteiger partial charge in [-0.2, -0.15) is 0 Å². The first-order valence-corrected chi connectivity index (χ1v) is 7.72. The van der Waals surface area contributed by atoms with E-state index >= 15 is 0 Å². The molecule has 0 saturated carbocycles. The molecule has 7 heteroatoms. The minimum absolute atomic E-state index is 0.0741. The van der Waals surface area contributed by atoms with Crippen LogP contribution in [0.15, 0.2) is 18.3 Å². The number of hydrogen-bond donors (Lipinski definition) is 3. The number of nitrogens with one attached hydrogen (secondary N) is 2. The molecule has 0 bridgehead atoms. The molecule has 23 heavy (non-hydrogen) atoms. The molecule has 0 spiro atoms. The van der Waals surface area contributed by atoms with E-state index in [1.54, 1.807) is 18.3 Å². The third kappa shape index (κ3) is 8.65. The van der Waals surface area contributed by atoms with Gasteiger partial charge in [0.15, 0.2) is 0 Å². The number of carbonyl (C=O) groups excluding carboxylic acids is 1. The average Bonchev–Trinajstić information content (AvgIpc) is 2.44. The van der Waals surface area contributed by atoms with Crippen LogP contribution < -0.4 is 15.4 Å². The lowest BCUT2D eigenvalue weighted by Crippen LogP contribution is -2.36. The first-order chi connectivity index (χ1) is 10.9. The topological polar surface area (TPSA) is 101 Å². The number of urea groups is 1. The van der Waals surface area contributed by atoms with Gasteiger partial charge >= 0.3 is 12.0 Å². The molecule has 2 amide bonds. The van der Waals surface area contributed by atoms with E-state index in [9.17, 15) is 9.59 Å². The number of ether oxygens (including phenoxy) is 1. The quantitative estimate of drug-likeness (QED) is 0.646. The summed E-state index contributed by atoms with van der Waals surface area (Å²) in [5, 5.41) is 13.6. The molecule has 0 radical (unpaired) electrons. The van der Waals surface area contributed by atoms with Crippen molar-refractivity contribution in [2.75, 3.05) is 6.54 Å². The Hall–Kier alpha value is -2.31. The van der Waals surface area contributed by atoms with E-state index in [1.165, 1.54) is 0 Å². The summed E-state index contributed by atoms with van der Waals surface area (Å²) in [4.78, 5) is 26.0. The number of rotatable bonds is 9. The van der Waals surface area contributed by atoms with E-state index < -0.39 is 12.0 Å². The maximum Gasteiger partial charge on any atom is 0.315 e. The lowest BCUT2D eigenvalue weighted by Gasteiger charge is -2.16. The van der Waals surface area contributed by atoms with Crippen molar-refractivity contribution in [1.29, 1.82) is 0 Å². The lowest BCUT2D eigenvalue weighted by atomic mass is 10.1. The Balaban J connectivity index is 2.41. The van der Waals surface area contributed by atoms with Crippen LogP contribution in [-0.4, -0.2) is 34.7 Å². The van der Waals surface area contributed by atoms with Gasteiger partial charge in [0, 0.05) is 25.4 Å². The van der Waals surface area contributed by atoms with Crippen molar-refractivity contribution in [3.63, 3.8) is 0 Å². The first-order valence-electron chi connectivity index (χ1n) is 7.72. The van der Waals surface area contributed by atoms with Crippen LogP contribution in [0.4, 0.5) is 4.79 Å². The van der Waals surface area contributed by atoms with Crippen LogP contribution in [0.1, 0.15) is 39.2 Å². The zero-order chi connectivity index (χ0) is 17.2. The van der Waals surface area contributed by atoms with Crippen molar-refractivity contribution in [1.82, 2.24) is 15.6 Å². The molecule has 128 valence electrons. The van der Waals surface area contributed by atoms with Gasteiger partial charge in [0.25, 0.3) is 0 Å². The normalized spacial score (nSPS) is 11.8. The van der Waals surface area contributed by atoms with Crippen LogP contribution in [0.2, 0.25) is 0 Å². The van der Waals surface area contributed by atoms with Crippen LogP contribution in [0, 0.1) is 5.92 Å². The fraction of sp³-hybridized carbons (Fsp3) is 0.562. The van der Waals surface area contributed by atoms with Crippen molar-refractivity contribution in [3.8, 4) is 5.88 Å². The Morgan fingerprint density at radius 1 is 1.30 bits per heavy atom. The van der Waals surface area contributed by atoms with Gasteiger partial charge in [-0.25, -0.2) is 9.78 Å². The minimum Gasteiger partial charge on any atom is -0.481 e. The van der Waals surface area contributed by atoms with Crippen LogP contribution in [0.3, 0.4) is 0 Å². The van der Waals surface area contributed by atoms with Crippen molar-refractivity contribution >= 4 is 12.0 Å². The molecule has 0 fully saturated rings. The van der Waals surface area contributed by atoms with Gasteiger partial charge in [0.1, 0.15) is 0 Å². The summed E-state index contributed by atoms with van der Waals surface area (Å²) in [6, 6.07) is 3.17. The molecule has 0 saturated heterocycles. The molecule has 1 aromatic rings. The van der Waals surface area contributed by atoms with Crippen LogP contribution in [0.5, 0.6) is 5.88 Å². The smallest absolute Gasteiger partial charge is 0.315 e. The largest absolute Gasteiger partial charge is 0.481 e. The van der Waals surface area contributed by atoms with E-state index in [1.807, 2.05) is 6.92 Å². The monoisotopic (exact) mass is 323 g/mol. The molecular formula is C16H25N3O4. The summed E-state index contributed by atoms with van der Waals surface area (Å²) in [6.07, 6.45) is 2.55. The Morgan fingerprint density at radius 3 is 2.70 bits per heavy atom. The third-order valence-corrected chi connectivity index (χ3v) is 3.00. The van der Waals surface area contributed by atoms with E-state index in [-0.39, 0.29) is 19.1 Å². The molecule has 1 heterocycles. The maximum atomic E-state index is 11.5. The number of pyridine rings is 1. The first kappa shape index (κ1) is 18.7. The number of aliphatic carboxylic acids is 1. The molecule has 1 aromatic heterocycles. The van der Waals surface area contributed by atoms with Crippen LogP contribution in [0.25, 0.3) is 0 Å². The van der Waals surface area contributed by atoms with E-state index in [0.717, 1.165) is 12.0 Å². The number of aromatic nitrogens is 1. The molecule has 1 unspecified atom stereocenters. The van der Waals surface area contributed by atoms with Crippen LogP contribution in [-0.2, 0) is 11.3 Å². The van der Waals surface area contributed by atoms with E-state index in [2.05, 4.69) is 29.5 Å². The SMILES string of the molecule is CC(C)CC(C)Oc1cc(CNC(=O)NCCC(=O)O)ccn1. The van der Waals surface area contributed by atoms with Gasteiger partial charge in [-0.15, -0.1) is 0 Å². The molecule has 7 nitrogen and oxygen atoms in total. The Kier molecular flexibility index (Phi) is 7.87. The van der Waals surface area contributed by atoms with Crippen molar-refractivity contribution < 1.29 is 19.4 Å². The van der Waals surface area contributed by atoms with Gasteiger partial charge in [-0.1, -0.05) is 13.8 Å². The second kappa shape index (κ2) is 9.66. The van der Waals surface area contributed by atoms with Gasteiger partial charge in [0.2, 0.25) is 5.88 Å². The van der Waals surface area contributed by atoms with Gasteiger partial charge in [0.05, 0.1) is 12.5 Å². The number of hydrogen-bond acceptors (Lipinski definition) is 4. The summed E-state index contributed by atoms with van der Waals surface area (Å²) in [5.74, 6) is 0.129. The fourth-order valence-corrected chi connectivity index (χ4v) is 2.07. The highest BCUT2D eigenvalue weighted by atomic mass is 16.5. The Labute approximate surface area is 136 Å². The summed E-state index contributed by atoms with van der Waals surface area (Å²) < 4.78 is 5.76. The maximum absolute atomic E-state index is 11.5. The van der Waals surface area contributed by atoms with Gasteiger partial charge in [-0.3, -0.25) is 4.79 Å². The highest BCUT2D eigenvalue weighted by molar-refractivity contribution is 5.74. The Bertz CT molecular complexity index is 520.